The Labute approximate surface area is 114 Å². The summed E-state index contributed by atoms with van der Waals surface area (Å²) in [6.07, 6.45) is 0. The minimum atomic E-state index is -3.52. The van der Waals surface area contributed by atoms with Crippen molar-refractivity contribution in [2.75, 3.05) is 26.2 Å². The third kappa shape index (κ3) is 3.00. The summed E-state index contributed by atoms with van der Waals surface area (Å²) in [6, 6.07) is 3.53. The van der Waals surface area contributed by atoms with Gasteiger partial charge >= 0.3 is 0 Å². The Morgan fingerprint density at radius 2 is 1.89 bits per heavy atom. The van der Waals surface area contributed by atoms with Gasteiger partial charge in [-0.25, -0.2) is 8.42 Å². The average Bonchev–Trinajstić information content (AvgIpc) is 2.88. The van der Waals surface area contributed by atoms with Crippen LogP contribution in [0, 0.1) is 0 Å². The quantitative estimate of drug-likeness (QED) is 0.870. The first kappa shape index (κ1) is 14.5. The Hall–Kier alpha value is -0.890. The molecule has 0 aromatic carbocycles. The molecule has 7 heteroatoms. The summed E-state index contributed by atoms with van der Waals surface area (Å²) in [5.41, 5.74) is 5.43. The van der Waals surface area contributed by atoms with Crippen LogP contribution in [0.3, 0.4) is 0 Å². The predicted molar refractivity (Wildman–Crippen MR) is 72.1 cm³/mol. The van der Waals surface area contributed by atoms with Crippen molar-refractivity contribution < 1.29 is 12.8 Å². The second-order valence-electron chi connectivity index (χ2n) is 4.96. The molecule has 0 amide bonds. The molecule has 0 saturated carbocycles. The Morgan fingerprint density at radius 3 is 2.37 bits per heavy atom. The van der Waals surface area contributed by atoms with Crippen LogP contribution < -0.4 is 5.73 Å². The molecule has 2 heterocycles. The highest BCUT2D eigenvalue weighted by Gasteiger charge is 2.31. The molecule has 0 aliphatic carbocycles. The maximum absolute atomic E-state index is 12.4. The van der Waals surface area contributed by atoms with Gasteiger partial charge in [-0.15, -0.1) is 0 Å². The van der Waals surface area contributed by atoms with Crippen molar-refractivity contribution in [3.8, 4) is 0 Å². The lowest BCUT2D eigenvalue weighted by Gasteiger charge is -2.35. The SMILES string of the molecule is CC(C)N1CCN(S(=O)(=O)c2ccc(CN)o2)CC1. The molecule has 1 aromatic heterocycles. The van der Waals surface area contributed by atoms with Crippen molar-refractivity contribution in [1.29, 1.82) is 0 Å². The van der Waals surface area contributed by atoms with Crippen molar-refractivity contribution >= 4 is 10.0 Å². The lowest BCUT2D eigenvalue weighted by Crippen LogP contribution is -2.50. The topological polar surface area (TPSA) is 79.8 Å². The number of sulfonamides is 1. The summed E-state index contributed by atoms with van der Waals surface area (Å²) in [6.45, 7) is 6.94. The number of hydrogen-bond donors (Lipinski definition) is 1. The first-order chi connectivity index (χ1) is 8.95. The Bertz CT molecular complexity index is 516. The summed E-state index contributed by atoms with van der Waals surface area (Å²) < 4.78 is 31.5. The van der Waals surface area contributed by atoms with Crippen LogP contribution in [0.4, 0.5) is 0 Å². The fourth-order valence-electron chi connectivity index (χ4n) is 2.19. The molecule has 0 radical (unpaired) electrons. The highest BCUT2D eigenvalue weighted by molar-refractivity contribution is 7.89. The van der Waals surface area contributed by atoms with E-state index in [9.17, 15) is 8.42 Å². The molecule has 1 aliphatic heterocycles. The molecular weight excluding hydrogens is 266 g/mol. The molecule has 108 valence electrons. The number of piperazine rings is 1. The number of rotatable bonds is 4. The van der Waals surface area contributed by atoms with Crippen molar-refractivity contribution in [2.45, 2.75) is 31.5 Å². The molecule has 0 bridgehead atoms. The van der Waals surface area contributed by atoms with E-state index >= 15 is 0 Å². The third-order valence-corrected chi connectivity index (χ3v) is 5.21. The van der Waals surface area contributed by atoms with E-state index in [2.05, 4.69) is 18.7 Å². The van der Waals surface area contributed by atoms with Crippen LogP contribution in [0.15, 0.2) is 21.6 Å². The van der Waals surface area contributed by atoms with Gasteiger partial charge in [0.2, 0.25) is 5.09 Å². The molecule has 0 unspecified atom stereocenters. The summed E-state index contributed by atoms with van der Waals surface area (Å²) in [5, 5.41) is -0.00838. The smallest absolute Gasteiger partial charge is 0.276 e. The molecular formula is C12H21N3O3S. The Morgan fingerprint density at radius 1 is 1.26 bits per heavy atom. The highest BCUT2D eigenvalue weighted by atomic mass is 32.2. The van der Waals surface area contributed by atoms with Gasteiger partial charge in [0.1, 0.15) is 5.76 Å². The molecule has 1 aromatic rings. The van der Waals surface area contributed by atoms with Gasteiger partial charge < -0.3 is 10.2 Å². The van der Waals surface area contributed by atoms with Crippen LogP contribution >= 0.6 is 0 Å². The van der Waals surface area contributed by atoms with E-state index in [1.54, 1.807) is 6.07 Å². The van der Waals surface area contributed by atoms with Gasteiger partial charge in [-0.05, 0) is 26.0 Å². The lowest BCUT2D eigenvalue weighted by atomic mass is 10.3. The van der Waals surface area contributed by atoms with Gasteiger partial charge in [-0.1, -0.05) is 0 Å². The van der Waals surface area contributed by atoms with Crippen molar-refractivity contribution in [3.05, 3.63) is 17.9 Å². The van der Waals surface area contributed by atoms with E-state index in [-0.39, 0.29) is 11.6 Å². The lowest BCUT2D eigenvalue weighted by molar-refractivity contribution is 0.153. The predicted octanol–water partition coefficient (Wildman–Crippen LogP) is 0.453. The van der Waals surface area contributed by atoms with Gasteiger partial charge in [-0.2, -0.15) is 4.31 Å². The molecule has 1 fully saturated rings. The normalized spacial score (nSPS) is 19.2. The number of nitrogens with zero attached hydrogens (tertiary/aromatic N) is 2. The maximum Gasteiger partial charge on any atom is 0.276 e. The zero-order valence-corrected chi connectivity index (χ0v) is 12.2. The van der Waals surface area contributed by atoms with Crippen LogP contribution in [0.5, 0.6) is 0 Å². The molecule has 0 atom stereocenters. The zero-order chi connectivity index (χ0) is 14.0. The van der Waals surface area contributed by atoms with Gasteiger partial charge in [0.15, 0.2) is 0 Å². The minimum Gasteiger partial charge on any atom is -0.447 e. The summed E-state index contributed by atoms with van der Waals surface area (Å²) in [5.74, 6) is 0.486. The van der Waals surface area contributed by atoms with Gasteiger partial charge in [0, 0.05) is 32.2 Å². The zero-order valence-electron chi connectivity index (χ0n) is 11.4. The number of hydrogen-bond acceptors (Lipinski definition) is 5. The maximum atomic E-state index is 12.4. The molecule has 1 aliphatic rings. The number of furan rings is 1. The fraction of sp³-hybridized carbons (Fsp3) is 0.667. The van der Waals surface area contributed by atoms with E-state index in [4.69, 9.17) is 10.2 Å². The van der Waals surface area contributed by atoms with Gasteiger partial charge in [0.25, 0.3) is 10.0 Å². The second kappa shape index (κ2) is 5.62. The standard InChI is InChI=1S/C12H21N3O3S/c1-10(2)14-5-7-15(8-6-14)19(16,17)12-4-3-11(9-13)18-12/h3-4,10H,5-9,13H2,1-2H3. The summed E-state index contributed by atoms with van der Waals surface area (Å²) in [4.78, 5) is 2.26. The molecule has 19 heavy (non-hydrogen) atoms. The molecule has 6 nitrogen and oxygen atoms in total. The Kier molecular flexibility index (Phi) is 4.29. The number of nitrogens with two attached hydrogens (primary N) is 1. The monoisotopic (exact) mass is 287 g/mol. The van der Waals surface area contributed by atoms with E-state index in [1.807, 2.05) is 0 Å². The molecule has 1 saturated heterocycles. The van der Waals surface area contributed by atoms with E-state index in [0.29, 0.717) is 24.9 Å². The van der Waals surface area contributed by atoms with Crippen molar-refractivity contribution in [3.63, 3.8) is 0 Å². The van der Waals surface area contributed by atoms with E-state index in [0.717, 1.165) is 13.1 Å². The van der Waals surface area contributed by atoms with Gasteiger partial charge in [-0.3, -0.25) is 4.90 Å². The first-order valence-electron chi connectivity index (χ1n) is 6.48. The van der Waals surface area contributed by atoms with Crippen LogP contribution in [0.2, 0.25) is 0 Å². The Balaban J connectivity index is 2.09. The van der Waals surface area contributed by atoms with Crippen LogP contribution in [0.1, 0.15) is 19.6 Å². The molecule has 0 spiro atoms. The third-order valence-electron chi connectivity index (χ3n) is 3.44. The highest BCUT2D eigenvalue weighted by Crippen LogP contribution is 2.20. The van der Waals surface area contributed by atoms with Crippen LogP contribution in [0.25, 0.3) is 0 Å². The van der Waals surface area contributed by atoms with Gasteiger partial charge in [0.05, 0.1) is 6.54 Å². The minimum absolute atomic E-state index is 0.00838. The largest absolute Gasteiger partial charge is 0.447 e. The van der Waals surface area contributed by atoms with E-state index in [1.165, 1.54) is 10.4 Å². The van der Waals surface area contributed by atoms with Crippen LogP contribution in [-0.2, 0) is 16.6 Å². The average molecular weight is 287 g/mol. The summed E-state index contributed by atoms with van der Waals surface area (Å²) in [7, 11) is -3.52. The van der Waals surface area contributed by atoms with Crippen molar-refractivity contribution in [1.82, 2.24) is 9.21 Å². The van der Waals surface area contributed by atoms with E-state index < -0.39 is 10.0 Å². The van der Waals surface area contributed by atoms with Crippen molar-refractivity contribution in [2.24, 2.45) is 5.73 Å². The van der Waals surface area contributed by atoms with Crippen LogP contribution in [-0.4, -0.2) is 49.8 Å². The second-order valence-corrected chi connectivity index (χ2v) is 6.83. The molecule has 2 N–H and O–H groups in total. The summed E-state index contributed by atoms with van der Waals surface area (Å²) >= 11 is 0. The fourth-order valence-corrected chi connectivity index (χ4v) is 3.55. The molecule has 2 rings (SSSR count). The first-order valence-corrected chi connectivity index (χ1v) is 7.92.